The molecule has 144 valence electrons. The van der Waals surface area contributed by atoms with Crippen molar-refractivity contribution in [3.05, 3.63) is 75.4 Å². The molecule has 0 fully saturated rings. The summed E-state index contributed by atoms with van der Waals surface area (Å²) in [5, 5.41) is 10.7. The third kappa shape index (κ3) is 4.06. The first-order chi connectivity index (χ1) is 13.4. The number of carbonyl (C=O) groups is 2. The number of para-hydroxylation sites is 1. The fourth-order valence-corrected chi connectivity index (χ4v) is 3.38. The number of carboxylic acids is 1. The van der Waals surface area contributed by atoms with Gasteiger partial charge in [0, 0.05) is 29.1 Å². The Labute approximate surface area is 171 Å². The Kier molecular flexibility index (Phi) is 6.07. The molecule has 0 spiro atoms. The Morgan fingerprint density at radius 3 is 2.57 bits per heavy atom. The van der Waals surface area contributed by atoms with Crippen molar-refractivity contribution in [3.8, 4) is 0 Å². The topological polar surface area (TPSA) is 68.5 Å². The van der Waals surface area contributed by atoms with Crippen molar-refractivity contribution in [1.29, 1.82) is 0 Å². The van der Waals surface area contributed by atoms with Crippen LogP contribution in [0.2, 0.25) is 10.0 Å². The van der Waals surface area contributed by atoms with Crippen LogP contribution in [-0.4, -0.2) is 28.2 Å². The number of rotatable bonds is 6. The van der Waals surface area contributed by atoms with Crippen LogP contribution in [0.1, 0.15) is 28.5 Å². The van der Waals surface area contributed by atoms with Crippen molar-refractivity contribution in [2.45, 2.75) is 13.5 Å². The molecule has 0 aliphatic rings. The standard InChI is InChI=1S/C21H17Cl2NO4/c1-2-28-21(27)20-15(8-10-19(25)26)14-5-3-4-6-18(14)24(20)12-13-7-9-16(22)17(23)11-13/h3-11H,2,12H2,1H3,(H,25,26). The molecule has 0 aliphatic heterocycles. The summed E-state index contributed by atoms with van der Waals surface area (Å²) in [6.07, 6.45) is 2.43. The molecule has 2 aromatic carbocycles. The number of aromatic nitrogens is 1. The SMILES string of the molecule is CCOC(=O)c1c(C=CC(=O)O)c2ccccc2n1Cc1ccc(Cl)c(Cl)c1. The van der Waals surface area contributed by atoms with Gasteiger partial charge in [0.1, 0.15) is 5.69 Å². The van der Waals surface area contributed by atoms with Gasteiger partial charge in [0.25, 0.3) is 0 Å². The molecular formula is C21H17Cl2NO4. The molecule has 0 saturated heterocycles. The number of benzene rings is 2. The van der Waals surface area contributed by atoms with Crippen molar-refractivity contribution < 1.29 is 19.4 Å². The van der Waals surface area contributed by atoms with Crippen molar-refractivity contribution in [3.63, 3.8) is 0 Å². The molecule has 5 nitrogen and oxygen atoms in total. The third-order valence-corrected chi connectivity index (χ3v) is 4.94. The Morgan fingerprint density at radius 1 is 1.14 bits per heavy atom. The molecule has 3 rings (SSSR count). The highest BCUT2D eigenvalue weighted by Crippen LogP contribution is 2.30. The molecule has 0 atom stereocenters. The van der Waals surface area contributed by atoms with Gasteiger partial charge in [-0.3, -0.25) is 0 Å². The van der Waals surface area contributed by atoms with Gasteiger partial charge >= 0.3 is 11.9 Å². The van der Waals surface area contributed by atoms with Crippen molar-refractivity contribution in [2.24, 2.45) is 0 Å². The van der Waals surface area contributed by atoms with Crippen LogP contribution in [0.3, 0.4) is 0 Å². The Balaban J connectivity index is 2.24. The zero-order valence-corrected chi connectivity index (χ0v) is 16.5. The molecule has 1 heterocycles. The summed E-state index contributed by atoms with van der Waals surface area (Å²) >= 11 is 12.1. The van der Waals surface area contributed by atoms with E-state index in [1.807, 2.05) is 30.3 Å². The van der Waals surface area contributed by atoms with E-state index >= 15 is 0 Å². The molecule has 0 amide bonds. The second-order valence-corrected chi connectivity index (χ2v) is 6.82. The van der Waals surface area contributed by atoms with Crippen molar-refractivity contribution in [1.82, 2.24) is 4.57 Å². The van der Waals surface area contributed by atoms with Crippen LogP contribution in [0.4, 0.5) is 0 Å². The maximum atomic E-state index is 12.7. The normalized spacial score (nSPS) is 11.2. The highest BCUT2D eigenvalue weighted by molar-refractivity contribution is 6.42. The number of hydrogen-bond acceptors (Lipinski definition) is 3. The minimum absolute atomic E-state index is 0.204. The number of fused-ring (bicyclic) bond motifs is 1. The van der Waals surface area contributed by atoms with E-state index in [2.05, 4.69) is 0 Å². The lowest BCUT2D eigenvalue weighted by Crippen LogP contribution is -2.14. The van der Waals surface area contributed by atoms with Gasteiger partial charge in [-0.2, -0.15) is 0 Å². The lowest BCUT2D eigenvalue weighted by molar-refractivity contribution is -0.131. The van der Waals surface area contributed by atoms with E-state index in [9.17, 15) is 9.59 Å². The fourth-order valence-electron chi connectivity index (χ4n) is 3.06. The molecule has 0 aliphatic carbocycles. The summed E-state index contributed by atoms with van der Waals surface area (Å²) in [5.74, 6) is -1.63. The van der Waals surface area contributed by atoms with E-state index in [4.69, 9.17) is 33.0 Å². The summed E-state index contributed by atoms with van der Waals surface area (Å²) < 4.78 is 7.04. The van der Waals surface area contributed by atoms with E-state index in [1.54, 1.807) is 23.6 Å². The number of carbonyl (C=O) groups excluding carboxylic acids is 1. The highest BCUT2D eigenvalue weighted by atomic mass is 35.5. The van der Waals surface area contributed by atoms with E-state index in [1.165, 1.54) is 6.08 Å². The van der Waals surface area contributed by atoms with E-state index in [0.29, 0.717) is 22.2 Å². The molecule has 7 heteroatoms. The predicted molar refractivity (Wildman–Crippen MR) is 110 cm³/mol. The lowest BCUT2D eigenvalue weighted by Gasteiger charge is -2.12. The van der Waals surface area contributed by atoms with Gasteiger partial charge in [-0.1, -0.05) is 47.5 Å². The smallest absolute Gasteiger partial charge is 0.355 e. The molecule has 3 aromatic rings. The van der Waals surface area contributed by atoms with Gasteiger partial charge in [-0.05, 0) is 36.8 Å². The molecule has 1 aromatic heterocycles. The van der Waals surface area contributed by atoms with Gasteiger partial charge in [0.15, 0.2) is 0 Å². The molecule has 28 heavy (non-hydrogen) atoms. The average Bonchev–Trinajstić information content (AvgIpc) is 2.97. The number of esters is 1. The molecular weight excluding hydrogens is 401 g/mol. The summed E-state index contributed by atoms with van der Waals surface area (Å²) in [5.41, 5.74) is 2.40. The van der Waals surface area contributed by atoms with E-state index < -0.39 is 11.9 Å². The second-order valence-electron chi connectivity index (χ2n) is 6.01. The van der Waals surface area contributed by atoms with Crippen LogP contribution in [-0.2, 0) is 16.1 Å². The summed E-state index contributed by atoms with van der Waals surface area (Å²) in [4.78, 5) is 23.8. The monoisotopic (exact) mass is 417 g/mol. The van der Waals surface area contributed by atoms with Crippen LogP contribution in [0.25, 0.3) is 17.0 Å². The molecule has 0 unspecified atom stereocenters. The van der Waals surface area contributed by atoms with Crippen LogP contribution >= 0.6 is 23.2 Å². The number of hydrogen-bond donors (Lipinski definition) is 1. The summed E-state index contributed by atoms with van der Waals surface area (Å²) in [6.45, 7) is 2.26. The molecule has 0 radical (unpaired) electrons. The maximum absolute atomic E-state index is 12.7. The minimum Gasteiger partial charge on any atom is -0.478 e. The Hall–Kier alpha value is -2.76. The largest absolute Gasteiger partial charge is 0.478 e. The molecule has 0 bridgehead atoms. The minimum atomic E-state index is -1.10. The van der Waals surface area contributed by atoms with Crippen LogP contribution < -0.4 is 0 Å². The van der Waals surface area contributed by atoms with Gasteiger partial charge in [0.2, 0.25) is 0 Å². The summed E-state index contributed by atoms with van der Waals surface area (Å²) in [6, 6.07) is 12.6. The van der Waals surface area contributed by atoms with Crippen LogP contribution in [0.15, 0.2) is 48.5 Å². The number of carboxylic acid groups (broad SMARTS) is 1. The first-order valence-corrected chi connectivity index (χ1v) is 9.31. The van der Waals surface area contributed by atoms with Crippen LogP contribution in [0.5, 0.6) is 0 Å². The summed E-state index contributed by atoms with van der Waals surface area (Å²) in [7, 11) is 0. The average molecular weight is 418 g/mol. The molecule has 0 saturated carbocycles. The molecule has 1 N–H and O–H groups in total. The van der Waals surface area contributed by atoms with Crippen molar-refractivity contribution in [2.75, 3.05) is 6.61 Å². The van der Waals surface area contributed by atoms with E-state index in [0.717, 1.165) is 22.5 Å². The number of aliphatic carboxylic acids is 1. The van der Waals surface area contributed by atoms with Gasteiger partial charge in [-0.25, -0.2) is 9.59 Å². The highest BCUT2D eigenvalue weighted by Gasteiger charge is 2.22. The van der Waals surface area contributed by atoms with Crippen LogP contribution in [0, 0.1) is 0 Å². The first-order valence-electron chi connectivity index (χ1n) is 8.55. The maximum Gasteiger partial charge on any atom is 0.355 e. The first kappa shape index (κ1) is 20.0. The quantitative estimate of drug-likeness (QED) is 0.437. The third-order valence-electron chi connectivity index (χ3n) is 4.20. The Morgan fingerprint density at radius 2 is 1.89 bits per heavy atom. The van der Waals surface area contributed by atoms with Gasteiger partial charge in [-0.15, -0.1) is 0 Å². The lowest BCUT2D eigenvalue weighted by atomic mass is 10.1. The van der Waals surface area contributed by atoms with Gasteiger partial charge < -0.3 is 14.4 Å². The Bertz CT molecular complexity index is 1090. The van der Waals surface area contributed by atoms with Crippen molar-refractivity contribution >= 4 is 52.1 Å². The number of ether oxygens (including phenoxy) is 1. The number of halogens is 2. The fraction of sp³-hybridized carbons (Fsp3) is 0.143. The zero-order valence-electron chi connectivity index (χ0n) is 15.0. The van der Waals surface area contributed by atoms with E-state index in [-0.39, 0.29) is 12.3 Å². The predicted octanol–water partition coefficient (Wildman–Crippen LogP) is 5.27. The second kappa shape index (κ2) is 8.50. The zero-order chi connectivity index (χ0) is 20.3. The van der Waals surface area contributed by atoms with Gasteiger partial charge in [0.05, 0.1) is 16.7 Å². The number of nitrogens with zero attached hydrogens (tertiary/aromatic N) is 1.